The first-order valence-corrected chi connectivity index (χ1v) is 11.9. The highest BCUT2D eigenvalue weighted by atomic mass is 15.2. The molecular formula is C31H24N4. The number of anilines is 3. The van der Waals surface area contributed by atoms with E-state index in [-0.39, 0.29) is 5.41 Å². The van der Waals surface area contributed by atoms with Crippen LogP contribution in [-0.4, -0.2) is 14.5 Å². The van der Waals surface area contributed by atoms with E-state index in [4.69, 9.17) is 4.98 Å². The fourth-order valence-electron chi connectivity index (χ4n) is 5.64. The summed E-state index contributed by atoms with van der Waals surface area (Å²) in [6.45, 7) is 4.56. The van der Waals surface area contributed by atoms with Crippen molar-refractivity contribution in [3.8, 4) is 5.82 Å². The molecule has 4 heteroatoms. The van der Waals surface area contributed by atoms with E-state index in [1.165, 1.54) is 21.9 Å². The summed E-state index contributed by atoms with van der Waals surface area (Å²) in [6.07, 6.45) is 3.84. The van der Waals surface area contributed by atoms with E-state index in [1.807, 2.05) is 12.4 Å². The lowest BCUT2D eigenvalue weighted by Gasteiger charge is -2.41. The molecule has 1 aliphatic heterocycles. The Labute approximate surface area is 204 Å². The smallest absolute Gasteiger partial charge is 0.140 e. The molecule has 4 nitrogen and oxygen atoms in total. The molecule has 0 atom stereocenters. The van der Waals surface area contributed by atoms with Crippen LogP contribution in [0.2, 0.25) is 0 Å². The molecule has 0 fully saturated rings. The zero-order valence-corrected chi connectivity index (χ0v) is 19.7. The third-order valence-corrected chi connectivity index (χ3v) is 7.29. The van der Waals surface area contributed by atoms with Crippen molar-refractivity contribution in [3.63, 3.8) is 0 Å². The number of benzene rings is 3. The lowest BCUT2D eigenvalue weighted by molar-refractivity contribution is 0.630. The van der Waals surface area contributed by atoms with Crippen LogP contribution >= 0.6 is 0 Å². The van der Waals surface area contributed by atoms with Crippen LogP contribution in [0, 0.1) is 0 Å². The molecule has 35 heavy (non-hydrogen) atoms. The molecule has 6 aromatic rings. The minimum absolute atomic E-state index is 0.129. The number of para-hydroxylation sites is 3. The van der Waals surface area contributed by atoms with Gasteiger partial charge in [-0.15, -0.1) is 0 Å². The van der Waals surface area contributed by atoms with Gasteiger partial charge in [0.1, 0.15) is 11.6 Å². The van der Waals surface area contributed by atoms with Crippen molar-refractivity contribution < 1.29 is 0 Å². The molecule has 0 spiro atoms. The van der Waals surface area contributed by atoms with Gasteiger partial charge in [-0.05, 0) is 47.5 Å². The lowest BCUT2D eigenvalue weighted by atomic mass is 9.74. The first kappa shape index (κ1) is 20.0. The van der Waals surface area contributed by atoms with E-state index in [0.717, 1.165) is 34.0 Å². The summed E-state index contributed by atoms with van der Waals surface area (Å²) in [4.78, 5) is 12.0. The predicted octanol–water partition coefficient (Wildman–Crippen LogP) is 7.68. The zero-order valence-electron chi connectivity index (χ0n) is 19.7. The predicted molar refractivity (Wildman–Crippen MR) is 143 cm³/mol. The van der Waals surface area contributed by atoms with Crippen molar-refractivity contribution in [2.24, 2.45) is 0 Å². The van der Waals surface area contributed by atoms with E-state index < -0.39 is 0 Å². The van der Waals surface area contributed by atoms with E-state index in [2.05, 4.69) is 125 Å². The number of fused-ring (bicyclic) bond motifs is 5. The summed E-state index contributed by atoms with van der Waals surface area (Å²) in [5.74, 6) is 1.77. The third kappa shape index (κ3) is 2.80. The molecule has 7 rings (SSSR count). The van der Waals surface area contributed by atoms with Gasteiger partial charge in [-0.2, -0.15) is 0 Å². The van der Waals surface area contributed by atoms with E-state index in [1.54, 1.807) is 0 Å². The Bertz CT molecular complexity index is 1640. The van der Waals surface area contributed by atoms with Gasteiger partial charge in [0, 0.05) is 22.4 Å². The molecule has 0 unspecified atom stereocenters. The second kappa shape index (κ2) is 7.28. The first-order valence-electron chi connectivity index (χ1n) is 11.9. The van der Waals surface area contributed by atoms with Gasteiger partial charge in [-0.1, -0.05) is 74.5 Å². The van der Waals surface area contributed by atoms with Crippen molar-refractivity contribution in [1.29, 1.82) is 0 Å². The normalized spacial score (nSPS) is 14.2. The van der Waals surface area contributed by atoms with Crippen LogP contribution in [0.5, 0.6) is 0 Å². The van der Waals surface area contributed by atoms with Crippen LogP contribution in [0.25, 0.3) is 27.6 Å². The van der Waals surface area contributed by atoms with Gasteiger partial charge in [0.25, 0.3) is 0 Å². The Morgan fingerprint density at radius 2 is 1.23 bits per heavy atom. The summed E-state index contributed by atoms with van der Waals surface area (Å²) >= 11 is 0. The van der Waals surface area contributed by atoms with E-state index in [0.29, 0.717) is 0 Å². The molecule has 0 amide bonds. The fraction of sp³-hybridized carbons (Fsp3) is 0.0968. The number of pyridine rings is 2. The van der Waals surface area contributed by atoms with Gasteiger partial charge in [0.15, 0.2) is 0 Å². The average Bonchev–Trinajstić information content (AvgIpc) is 3.24. The SMILES string of the molecule is CC1(C)c2ccccc2N(c2cccc(-n3c4ccccc4c4ccccc43)n2)c2cnccc21. The molecule has 0 aliphatic carbocycles. The molecular weight excluding hydrogens is 428 g/mol. The van der Waals surface area contributed by atoms with Crippen LogP contribution in [-0.2, 0) is 5.41 Å². The van der Waals surface area contributed by atoms with Crippen LogP contribution < -0.4 is 4.90 Å². The van der Waals surface area contributed by atoms with Crippen molar-refractivity contribution in [1.82, 2.24) is 14.5 Å². The summed E-state index contributed by atoms with van der Waals surface area (Å²) in [5.41, 5.74) is 6.92. The van der Waals surface area contributed by atoms with Gasteiger partial charge < -0.3 is 0 Å². The molecule has 0 radical (unpaired) electrons. The quantitative estimate of drug-likeness (QED) is 0.270. The molecule has 168 valence electrons. The van der Waals surface area contributed by atoms with Gasteiger partial charge in [0.05, 0.1) is 28.6 Å². The Morgan fingerprint density at radius 3 is 2.00 bits per heavy atom. The molecule has 4 heterocycles. The van der Waals surface area contributed by atoms with E-state index in [9.17, 15) is 0 Å². The van der Waals surface area contributed by atoms with E-state index >= 15 is 0 Å². The van der Waals surface area contributed by atoms with Crippen LogP contribution in [0.3, 0.4) is 0 Å². The fourth-order valence-corrected chi connectivity index (χ4v) is 5.64. The summed E-state index contributed by atoms with van der Waals surface area (Å²) in [6, 6.07) is 34.1. The van der Waals surface area contributed by atoms with Crippen molar-refractivity contribution in [2.75, 3.05) is 4.90 Å². The minimum atomic E-state index is -0.129. The molecule has 0 bridgehead atoms. The molecule has 3 aromatic heterocycles. The first-order chi connectivity index (χ1) is 17.1. The monoisotopic (exact) mass is 452 g/mol. The van der Waals surface area contributed by atoms with Gasteiger partial charge in [0.2, 0.25) is 0 Å². The Hall–Kier alpha value is -4.44. The highest BCUT2D eigenvalue weighted by Gasteiger charge is 2.37. The lowest BCUT2D eigenvalue weighted by Crippen LogP contribution is -2.31. The average molecular weight is 453 g/mol. The maximum Gasteiger partial charge on any atom is 0.140 e. The standard InChI is InChI=1S/C31H24N4/c1-31(2)23-12-5-8-15-27(23)35(28-20-32-19-18-24(28)31)30-17-9-16-29(33-30)34-25-13-6-3-10-21(25)22-11-4-7-14-26(22)34/h3-20H,1-2H3. The minimum Gasteiger partial charge on any atom is -0.294 e. The van der Waals surface area contributed by atoms with Crippen LogP contribution in [0.15, 0.2) is 109 Å². The molecule has 3 aromatic carbocycles. The number of aromatic nitrogens is 3. The second-order valence-electron chi connectivity index (χ2n) is 9.59. The summed E-state index contributed by atoms with van der Waals surface area (Å²) < 4.78 is 2.26. The number of nitrogens with zero attached hydrogens (tertiary/aromatic N) is 4. The molecule has 0 saturated carbocycles. The molecule has 0 N–H and O–H groups in total. The molecule has 0 saturated heterocycles. The van der Waals surface area contributed by atoms with Gasteiger partial charge in [-0.3, -0.25) is 14.5 Å². The number of hydrogen-bond donors (Lipinski definition) is 0. The van der Waals surface area contributed by atoms with Gasteiger partial charge >= 0.3 is 0 Å². The Kier molecular flexibility index (Phi) is 4.15. The van der Waals surface area contributed by atoms with Gasteiger partial charge in [-0.25, -0.2) is 4.98 Å². The Morgan fingerprint density at radius 1 is 0.600 bits per heavy atom. The maximum absolute atomic E-state index is 5.25. The van der Waals surface area contributed by atoms with Crippen LogP contribution in [0.1, 0.15) is 25.0 Å². The van der Waals surface area contributed by atoms with Crippen molar-refractivity contribution in [2.45, 2.75) is 19.3 Å². The van der Waals surface area contributed by atoms with Crippen molar-refractivity contribution >= 4 is 39.0 Å². The zero-order chi connectivity index (χ0) is 23.6. The maximum atomic E-state index is 5.25. The van der Waals surface area contributed by atoms with Crippen molar-refractivity contribution in [3.05, 3.63) is 121 Å². The number of rotatable bonds is 2. The van der Waals surface area contributed by atoms with Crippen LogP contribution in [0.4, 0.5) is 17.2 Å². The summed E-state index contributed by atoms with van der Waals surface area (Å²) in [5, 5.41) is 2.46. The highest BCUT2D eigenvalue weighted by molar-refractivity contribution is 6.09. The second-order valence-corrected chi connectivity index (χ2v) is 9.59. The highest BCUT2D eigenvalue weighted by Crippen LogP contribution is 2.51. The topological polar surface area (TPSA) is 34.0 Å². The third-order valence-electron chi connectivity index (χ3n) is 7.29. The number of hydrogen-bond acceptors (Lipinski definition) is 3. The largest absolute Gasteiger partial charge is 0.294 e. The Balaban J connectivity index is 1.49. The molecule has 1 aliphatic rings. The summed E-state index contributed by atoms with van der Waals surface area (Å²) in [7, 11) is 0.